The van der Waals surface area contributed by atoms with Gasteiger partial charge in [-0.1, -0.05) is 18.2 Å². The highest BCUT2D eigenvalue weighted by atomic mass is 16.2. The number of carbonyl (C=O) groups excluding carboxylic acids is 2. The predicted molar refractivity (Wildman–Crippen MR) is 78.8 cm³/mol. The number of imide groups is 1. The number of rotatable bonds is 3. The normalized spacial score (nSPS) is 13.8. The van der Waals surface area contributed by atoms with Gasteiger partial charge in [0.1, 0.15) is 0 Å². The average molecular weight is 275 g/mol. The van der Waals surface area contributed by atoms with Crippen LogP contribution in [-0.2, 0) is 11.2 Å². The highest BCUT2D eigenvalue weighted by molar-refractivity contribution is 5.96. The molecule has 0 atom stereocenters. The van der Waals surface area contributed by atoms with Crippen LogP contribution in [0.3, 0.4) is 0 Å². The summed E-state index contributed by atoms with van der Waals surface area (Å²) in [6.45, 7) is 4.76. The zero-order chi connectivity index (χ0) is 14.5. The maximum absolute atomic E-state index is 11.9. The first kappa shape index (κ1) is 14.4. The van der Waals surface area contributed by atoms with E-state index in [4.69, 9.17) is 0 Å². The Morgan fingerprint density at radius 3 is 2.80 bits per heavy atom. The first-order chi connectivity index (χ1) is 9.56. The van der Waals surface area contributed by atoms with Crippen molar-refractivity contribution in [2.75, 3.05) is 18.0 Å². The Hall–Kier alpha value is -2.04. The van der Waals surface area contributed by atoms with Crippen molar-refractivity contribution in [1.29, 1.82) is 0 Å². The average Bonchev–Trinajstić information content (AvgIpc) is 2.38. The number of hydrogen-bond donors (Lipinski definition) is 2. The molecule has 20 heavy (non-hydrogen) atoms. The lowest BCUT2D eigenvalue weighted by atomic mass is 10.0. The number of amides is 3. The fraction of sp³-hybridized carbons (Fsp3) is 0.467. The summed E-state index contributed by atoms with van der Waals surface area (Å²) in [4.78, 5) is 25.4. The molecule has 0 fully saturated rings. The Morgan fingerprint density at radius 2 is 2.05 bits per heavy atom. The van der Waals surface area contributed by atoms with E-state index in [1.807, 2.05) is 36.9 Å². The smallest absolute Gasteiger partial charge is 0.321 e. The molecular weight excluding hydrogens is 254 g/mol. The van der Waals surface area contributed by atoms with E-state index in [2.05, 4.69) is 16.7 Å². The monoisotopic (exact) mass is 275 g/mol. The summed E-state index contributed by atoms with van der Waals surface area (Å²) < 4.78 is 0. The number of anilines is 1. The van der Waals surface area contributed by atoms with Gasteiger partial charge in [0, 0.05) is 18.3 Å². The molecule has 2 rings (SSSR count). The van der Waals surface area contributed by atoms with Crippen LogP contribution in [-0.4, -0.2) is 31.1 Å². The molecule has 5 nitrogen and oxygen atoms in total. The van der Waals surface area contributed by atoms with Crippen molar-refractivity contribution in [1.82, 2.24) is 10.6 Å². The molecule has 0 saturated carbocycles. The Balaban J connectivity index is 1.94. The maximum atomic E-state index is 11.9. The second kappa shape index (κ2) is 6.41. The van der Waals surface area contributed by atoms with Crippen LogP contribution in [0.1, 0.15) is 25.8 Å². The van der Waals surface area contributed by atoms with Gasteiger partial charge in [0.25, 0.3) is 0 Å². The van der Waals surface area contributed by atoms with Crippen molar-refractivity contribution in [2.24, 2.45) is 0 Å². The molecule has 1 aliphatic heterocycles. The van der Waals surface area contributed by atoms with Crippen molar-refractivity contribution in [3.63, 3.8) is 0 Å². The summed E-state index contributed by atoms with van der Waals surface area (Å²) in [6.07, 6.45) is 2.07. The van der Waals surface area contributed by atoms with E-state index in [1.54, 1.807) is 0 Å². The zero-order valence-electron chi connectivity index (χ0n) is 12.0. The number of aryl methyl sites for hydroxylation is 1. The van der Waals surface area contributed by atoms with Crippen LogP contribution in [0.5, 0.6) is 0 Å². The van der Waals surface area contributed by atoms with Crippen LogP contribution >= 0.6 is 0 Å². The van der Waals surface area contributed by atoms with Gasteiger partial charge in [0.15, 0.2) is 0 Å². The summed E-state index contributed by atoms with van der Waals surface area (Å²) >= 11 is 0. The first-order valence-electron chi connectivity index (χ1n) is 6.99. The Labute approximate surface area is 119 Å². The van der Waals surface area contributed by atoms with Crippen LogP contribution < -0.4 is 15.5 Å². The summed E-state index contributed by atoms with van der Waals surface area (Å²) in [5.41, 5.74) is 2.36. The molecule has 0 bridgehead atoms. The third-order valence-corrected chi connectivity index (χ3v) is 3.21. The van der Waals surface area contributed by atoms with Gasteiger partial charge in [-0.2, -0.15) is 0 Å². The van der Waals surface area contributed by atoms with Gasteiger partial charge in [-0.25, -0.2) is 4.79 Å². The molecule has 0 unspecified atom stereocenters. The van der Waals surface area contributed by atoms with E-state index < -0.39 is 6.03 Å². The fourth-order valence-corrected chi connectivity index (χ4v) is 2.41. The lowest BCUT2D eigenvalue weighted by Crippen LogP contribution is -2.47. The molecule has 5 heteroatoms. The van der Waals surface area contributed by atoms with Crippen molar-refractivity contribution in [3.8, 4) is 0 Å². The van der Waals surface area contributed by atoms with Gasteiger partial charge in [-0.3, -0.25) is 10.1 Å². The lowest BCUT2D eigenvalue weighted by Gasteiger charge is -2.30. The third kappa shape index (κ3) is 3.73. The van der Waals surface area contributed by atoms with Crippen molar-refractivity contribution >= 4 is 17.6 Å². The van der Waals surface area contributed by atoms with Crippen LogP contribution in [0.15, 0.2) is 24.3 Å². The number of nitrogens with zero attached hydrogens (tertiary/aromatic N) is 1. The Morgan fingerprint density at radius 1 is 1.30 bits per heavy atom. The molecule has 0 radical (unpaired) electrons. The molecule has 1 heterocycles. The van der Waals surface area contributed by atoms with Crippen molar-refractivity contribution in [3.05, 3.63) is 29.8 Å². The molecule has 3 amide bonds. The number of para-hydroxylation sites is 1. The van der Waals surface area contributed by atoms with E-state index in [0.717, 1.165) is 25.1 Å². The summed E-state index contributed by atoms with van der Waals surface area (Å²) in [5.74, 6) is -0.278. The first-order valence-corrected chi connectivity index (χ1v) is 6.99. The number of nitrogens with one attached hydrogen (secondary N) is 2. The molecule has 1 aromatic carbocycles. The van der Waals surface area contributed by atoms with Crippen LogP contribution in [0.4, 0.5) is 10.5 Å². The van der Waals surface area contributed by atoms with E-state index >= 15 is 0 Å². The van der Waals surface area contributed by atoms with Crippen molar-refractivity contribution < 1.29 is 9.59 Å². The van der Waals surface area contributed by atoms with Crippen LogP contribution in [0.25, 0.3) is 0 Å². The fourth-order valence-electron chi connectivity index (χ4n) is 2.41. The van der Waals surface area contributed by atoms with E-state index in [1.165, 1.54) is 5.56 Å². The largest absolute Gasteiger partial charge is 0.362 e. The Kier molecular flexibility index (Phi) is 4.61. The Bertz CT molecular complexity index is 500. The van der Waals surface area contributed by atoms with Crippen LogP contribution in [0.2, 0.25) is 0 Å². The third-order valence-electron chi connectivity index (χ3n) is 3.21. The van der Waals surface area contributed by atoms with Gasteiger partial charge in [0.2, 0.25) is 5.91 Å². The van der Waals surface area contributed by atoms with Gasteiger partial charge in [-0.15, -0.1) is 0 Å². The quantitative estimate of drug-likeness (QED) is 0.882. The number of benzene rings is 1. The highest BCUT2D eigenvalue weighted by Gasteiger charge is 2.19. The second-order valence-corrected chi connectivity index (χ2v) is 5.33. The number of hydrogen-bond acceptors (Lipinski definition) is 3. The minimum absolute atomic E-state index is 0.0125. The minimum Gasteiger partial charge on any atom is -0.362 e. The molecule has 108 valence electrons. The van der Waals surface area contributed by atoms with Crippen LogP contribution in [0, 0.1) is 0 Å². The molecule has 0 spiro atoms. The zero-order valence-corrected chi connectivity index (χ0v) is 12.0. The minimum atomic E-state index is -0.435. The number of carbonyl (C=O) groups is 2. The maximum Gasteiger partial charge on any atom is 0.321 e. The molecule has 1 aromatic rings. The molecule has 0 saturated heterocycles. The number of fused-ring (bicyclic) bond motifs is 1. The number of urea groups is 1. The SMILES string of the molecule is CC(C)NC(=O)NC(=O)CN1CCCc2ccccc21. The van der Waals surface area contributed by atoms with Gasteiger partial charge in [0.05, 0.1) is 6.54 Å². The van der Waals surface area contributed by atoms with Gasteiger partial charge in [-0.05, 0) is 38.3 Å². The van der Waals surface area contributed by atoms with E-state index in [-0.39, 0.29) is 18.5 Å². The topological polar surface area (TPSA) is 61.4 Å². The van der Waals surface area contributed by atoms with Gasteiger partial charge >= 0.3 is 6.03 Å². The highest BCUT2D eigenvalue weighted by Crippen LogP contribution is 2.26. The van der Waals surface area contributed by atoms with Gasteiger partial charge < -0.3 is 10.2 Å². The lowest BCUT2D eigenvalue weighted by molar-refractivity contribution is -0.118. The predicted octanol–water partition coefficient (Wildman–Crippen LogP) is 1.67. The summed E-state index contributed by atoms with van der Waals surface area (Å²) in [6, 6.07) is 7.67. The summed E-state index contributed by atoms with van der Waals surface area (Å²) in [5, 5.41) is 5.00. The molecule has 1 aliphatic rings. The van der Waals surface area contributed by atoms with E-state index in [9.17, 15) is 9.59 Å². The second-order valence-electron chi connectivity index (χ2n) is 5.33. The van der Waals surface area contributed by atoms with Crippen molar-refractivity contribution in [2.45, 2.75) is 32.7 Å². The van der Waals surface area contributed by atoms with E-state index in [0.29, 0.717) is 0 Å². The standard InChI is InChI=1S/C15H21N3O2/c1-11(2)16-15(20)17-14(19)10-18-9-5-7-12-6-3-4-8-13(12)18/h3-4,6,8,11H,5,7,9-10H2,1-2H3,(H2,16,17,19,20). The molecule has 0 aromatic heterocycles. The molecule has 0 aliphatic carbocycles. The molecule has 2 N–H and O–H groups in total. The summed E-state index contributed by atoms with van der Waals surface area (Å²) in [7, 11) is 0. The molecular formula is C15H21N3O2.